The third-order valence-corrected chi connectivity index (χ3v) is 5.16. The number of halogens is 2. The summed E-state index contributed by atoms with van der Waals surface area (Å²) in [5.74, 6) is -0.948. The number of rotatable bonds is 6. The topological polar surface area (TPSA) is 75.3 Å². The molecule has 2 aromatic carbocycles. The van der Waals surface area contributed by atoms with E-state index in [-0.39, 0.29) is 16.0 Å². The van der Waals surface area contributed by atoms with E-state index in [1.807, 2.05) is 0 Å². The van der Waals surface area contributed by atoms with Gasteiger partial charge in [0.15, 0.2) is 0 Å². The summed E-state index contributed by atoms with van der Waals surface area (Å²) in [5.41, 5.74) is 1.02. The van der Waals surface area contributed by atoms with Gasteiger partial charge in [0.25, 0.3) is 0 Å². The van der Waals surface area contributed by atoms with Crippen LogP contribution in [0.4, 0.5) is 10.1 Å². The van der Waals surface area contributed by atoms with Crippen LogP contribution in [0.15, 0.2) is 53.4 Å². The first-order chi connectivity index (χ1) is 12.2. The number of sulfonamides is 1. The zero-order valence-electron chi connectivity index (χ0n) is 14.2. The predicted molar refractivity (Wildman–Crippen MR) is 101 cm³/mol. The van der Waals surface area contributed by atoms with Crippen LogP contribution in [-0.4, -0.2) is 20.4 Å². The van der Waals surface area contributed by atoms with E-state index in [0.29, 0.717) is 11.3 Å². The Morgan fingerprint density at radius 2 is 1.81 bits per heavy atom. The van der Waals surface area contributed by atoms with Crippen LogP contribution in [0.25, 0.3) is 6.08 Å². The molecule has 0 spiro atoms. The average molecular weight is 397 g/mol. The van der Waals surface area contributed by atoms with Gasteiger partial charge in [0, 0.05) is 17.8 Å². The number of amides is 1. The summed E-state index contributed by atoms with van der Waals surface area (Å²) in [5, 5.41) is 2.58. The zero-order chi connectivity index (χ0) is 19.3. The van der Waals surface area contributed by atoms with Crippen molar-refractivity contribution < 1.29 is 17.6 Å². The van der Waals surface area contributed by atoms with E-state index in [2.05, 4.69) is 10.0 Å². The molecule has 2 rings (SSSR count). The largest absolute Gasteiger partial charge is 0.323 e. The fourth-order valence-electron chi connectivity index (χ4n) is 2.07. The summed E-state index contributed by atoms with van der Waals surface area (Å²) in [4.78, 5) is 12.0. The van der Waals surface area contributed by atoms with Crippen LogP contribution < -0.4 is 10.0 Å². The Balaban J connectivity index is 2.03. The normalized spacial score (nSPS) is 11.9. The number of carbonyl (C=O) groups excluding carboxylic acids is 1. The number of anilines is 1. The van der Waals surface area contributed by atoms with Gasteiger partial charge in [-0.15, -0.1) is 0 Å². The molecule has 0 atom stereocenters. The molecule has 0 fully saturated rings. The van der Waals surface area contributed by atoms with Crippen LogP contribution >= 0.6 is 11.6 Å². The standard InChI is InChI=1S/C18H18ClFN2O3S/c1-12(2)22-26(24,25)15-7-5-14(6-8-15)21-18(23)10-4-13-3-9-17(20)16(19)11-13/h3-12,22H,1-2H3,(H,21,23)/b10-4+. The van der Waals surface area contributed by atoms with Crippen LogP contribution in [0, 0.1) is 5.82 Å². The molecule has 0 saturated heterocycles. The maximum atomic E-state index is 13.1. The van der Waals surface area contributed by atoms with Gasteiger partial charge in [0.2, 0.25) is 15.9 Å². The first-order valence-corrected chi connectivity index (χ1v) is 9.60. The number of benzene rings is 2. The lowest BCUT2D eigenvalue weighted by Gasteiger charge is -2.10. The third-order valence-electron chi connectivity index (χ3n) is 3.19. The first kappa shape index (κ1) is 20.1. The van der Waals surface area contributed by atoms with E-state index in [4.69, 9.17) is 11.6 Å². The van der Waals surface area contributed by atoms with E-state index in [1.54, 1.807) is 13.8 Å². The molecule has 2 N–H and O–H groups in total. The minimum absolute atomic E-state index is 0.0284. The second-order valence-electron chi connectivity index (χ2n) is 5.80. The molecule has 0 bridgehead atoms. The first-order valence-electron chi connectivity index (χ1n) is 7.74. The van der Waals surface area contributed by atoms with Gasteiger partial charge in [-0.05, 0) is 61.9 Å². The molecular weight excluding hydrogens is 379 g/mol. The smallest absolute Gasteiger partial charge is 0.248 e. The molecule has 5 nitrogen and oxygen atoms in total. The van der Waals surface area contributed by atoms with E-state index in [0.717, 1.165) is 0 Å². The zero-order valence-corrected chi connectivity index (χ0v) is 15.7. The molecule has 0 aromatic heterocycles. The maximum absolute atomic E-state index is 13.1. The van der Waals surface area contributed by atoms with Gasteiger partial charge in [0.1, 0.15) is 5.82 Å². The van der Waals surface area contributed by atoms with Crippen LogP contribution in [0.5, 0.6) is 0 Å². The van der Waals surface area contributed by atoms with Crippen LogP contribution in [0.3, 0.4) is 0 Å². The minimum Gasteiger partial charge on any atom is -0.323 e. The Morgan fingerprint density at radius 1 is 1.15 bits per heavy atom. The van der Waals surface area contributed by atoms with Crippen molar-refractivity contribution in [3.8, 4) is 0 Å². The summed E-state index contributed by atoms with van der Waals surface area (Å²) in [6.07, 6.45) is 2.76. The second-order valence-corrected chi connectivity index (χ2v) is 7.92. The molecule has 0 heterocycles. The van der Waals surface area contributed by atoms with Crippen molar-refractivity contribution in [3.05, 3.63) is 64.9 Å². The van der Waals surface area contributed by atoms with Crippen LogP contribution in [-0.2, 0) is 14.8 Å². The minimum atomic E-state index is -3.58. The van der Waals surface area contributed by atoms with Gasteiger partial charge in [-0.25, -0.2) is 17.5 Å². The molecular formula is C18H18ClFN2O3S. The highest BCUT2D eigenvalue weighted by molar-refractivity contribution is 7.89. The van der Waals surface area contributed by atoms with Gasteiger partial charge in [-0.2, -0.15) is 0 Å². The lowest BCUT2D eigenvalue weighted by atomic mass is 10.2. The Labute approximate surface area is 156 Å². The monoisotopic (exact) mass is 396 g/mol. The third kappa shape index (κ3) is 5.66. The van der Waals surface area contributed by atoms with Crippen molar-refractivity contribution in [2.24, 2.45) is 0 Å². The predicted octanol–water partition coefficient (Wildman–Crippen LogP) is 3.82. The summed E-state index contributed by atoms with van der Waals surface area (Å²) >= 11 is 5.68. The number of hydrogen-bond acceptors (Lipinski definition) is 3. The van der Waals surface area contributed by atoms with Gasteiger partial charge in [-0.1, -0.05) is 17.7 Å². The summed E-state index contributed by atoms with van der Waals surface area (Å²) in [7, 11) is -3.58. The lowest BCUT2D eigenvalue weighted by molar-refractivity contribution is -0.111. The highest BCUT2D eigenvalue weighted by atomic mass is 35.5. The molecule has 138 valence electrons. The summed E-state index contributed by atoms with van der Waals surface area (Å²) in [6.45, 7) is 3.46. The molecule has 2 aromatic rings. The molecule has 0 aliphatic rings. The molecule has 0 aliphatic heterocycles. The van der Waals surface area contributed by atoms with Crippen molar-refractivity contribution in [2.45, 2.75) is 24.8 Å². The van der Waals surface area contributed by atoms with Gasteiger partial charge >= 0.3 is 0 Å². The Kier molecular flexibility index (Phi) is 6.52. The molecule has 1 amide bonds. The summed E-state index contributed by atoms with van der Waals surface area (Å²) < 4.78 is 39.6. The molecule has 0 radical (unpaired) electrons. The quantitative estimate of drug-likeness (QED) is 0.729. The number of nitrogens with one attached hydrogen (secondary N) is 2. The van der Waals surface area contributed by atoms with Gasteiger partial charge in [0.05, 0.1) is 9.92 Å². The fourth-order valence-corrected chi connectivity index (χ4v) is 3.51. The van der Waals surface area contributed by atoms with Crippen LogP contribution in [0.2, 0.25) is 5.02 Å². The maximum Gasteiger partial charge on any atom is 0.248 e. The number of carbonyl (C=O) groups is 1. The van der Waals surface area contributed by atoms with E-state index in [1.165, 1.54) is 54.6 Å². The fraction of sp³-hybridized carbons (Fsp3) is 0.167. The molecule has 8 heteroatoms. The van der Waals surface area contributed by atoms with Crippen molar-refractivity contribution in [1.82, 2.24) is 4.72 Å². The molecule has 0 aliphatic carbocycles. The number of hydrogen-bond donors (Lipinski definition) is 2. The van der Waals surface area contributed by atoms with E-state index >= 15 is 0 Å². The van der Waals surface area contributed by atoms with Gasteiger partial charge in [-0.3, -0.25) is 4.79 Å². The van der Waals surface area contributed by atoms with Crippen LogP contribution in [0.1, 0.15) is 19.4 Å². The second kappa shape index (κ2) is 8.44. The molecule has 26 heavy (non-hydrogen) atoms. The van der Waals surface area contributed by atoms with Gasteiger partial charge < -0.3 is 5.32 Å². The molecule has 0 unspecified atom stereocenters. The SMILES string of the molecule is CC(C)NS(=O)(=O)c1ccc(NC(=O)/C=C/c2ccc(F)c(Cl)c2)cc1. The Hall–Kier alpha value is -2.22. The van der Waals surface area contributed by atoms with E-state index < -0.39 is 21.7 Å². The molecule has 0 saturated carbocycles. The Morgan fingerprint density at radius 3 is 2.38 bits per heavy atom. The Bertz CT molecular complexity index is 926. The summed E-state index contributed by atoms with van der Waals surface area (Å²) in [6, 6.07) is 9.70. The van der Waals surface area contributed by atoms with Crippen molar-refractivity contribution in [3.63, 3.8) is 0 Å². The van der Waals surface area contributed by atoms with Crippen molar-refractivity contribution in [2.75, 3.05) is 5.32 Å². The van der Waals surface area contributed by atoms with E-state index in [9.17, 15) is 17.6 Å². The highest BCUT2D eigenvalue weighted by Gasteiger charge is 2.14. The average Bonchev–Trinajstić information content (AvgIpc) is 2.55. The highest BCUT2D eigenvalue weighted by Crippen LogP contribution is 2.17. The van der Waals surface area contributed by atoms with Crippen molar-refractivity contribution in [1.29, 1.82) is 0 Å². The lowest BCUT2D eigenvalue weighted by Crippen LogP contribution is -2.30. The van der Waals surface area contributed by atoms with Crippen molar-refractivity contribution >= 4 is 39.3 Å².